The van der Waals surface area contributed by atoms with E-state index in [4.69, 9.17) is 5.73 Å². The number of benzene rings is 2. The zero-order valence-corrected chi connectivity index (χ0v) is 14.0. The molecule has 8 heteroatoms. The van der Waals surface area contributed by atoms with Crippen molar-refractivity contribution < 1.29 is 17.6 Å². The van der Waals surface area contributed by atoms with Gasteiger partial charge >= 0.3 is 6.18 Å². The summed E-state index contributed by atoms with van der Waals surface area (Å²) in [5.74, 6) is -0.408. The van der Waals surface area contributed by atoms with Crippen molar-refractivity contribution in [3.8, 4) is 0 Å². The first kappa shape index (κ1) is 18.2. The third kappa shape index (κ3) is 3.65. The van der Waals surface area contributed by atoms with Gasteiger partial charge in [0.25, 0.3) is 0 Å². The summed E-state index contributed by atoms with van der Waals surface area (Å²) >= 11 is 0. The van der Waals surface area contributed by atoms with E-state index in [9.17, 15) is 17.6 Å². The maximum atomic E-state index is 13.3. The Bertz CT molecular complexity index is 893. The molecule has 4 nitrogen and oxygen atoms in total. The molecule has 0 fully saturated rings. The molecule has 3 N–H and O–H groups in total. The van der Waals surface area contributed by atoms with Gasteiger partial charge in [0, 0.05) is 17.5 Å². The van der Waals surface area contributed by atoms with Crippen molar-refractivity contribution in [2.75, 3.05) is 5.43 Å². The van der Waals surface area contributed by atoms with E-state index in [1.54, 1.807) is 0 Å². The minimum absolute atomic E-state index is 0.0332. The third-order valence-electron chi connectivity index (χ3n) is 4.17. The van der Waals surface area contributed by atoms with Crippen LogP contribution in [0.15, 0.2) is 47.5 Å². The lowest BCUT2D eigenvalue weighted by Gasteiger charge is -2.34. The predicted molar refractivity (Wildman–Crippen MR) is 90.6 cm³/mol. The SMILES string of the molecule is CCC(N)C1N=c2cccc(C(F)(F)F)c2=CN1Nc1ccc(F)cc1. The number of nitrogens with two attached hydrogens (primary N) is 1. The molecule has 0 saturated carbocycles. The second-order valence-electron chi connectivity index (χ2n) is 6.01. The average Bonchev–Trinajstić information content (AvgIpc) is 2.61. The summed E-state index contributed by atoms with van der Waals surface area (Å²) in [5, 5.41) is 1.65. The molecule has 1 heterocycles. The summed E-state index contributed by atoms with van der Waals surface area (Å²) < 4.78 is 53.1. The highest BCUT2D eigenvalue weighted by Crippen LogP contribution is 2.26. The Hall–Kier alpha value is -2.61. The Morgan fingerprint density at radius 2 is 1.88 bits per heavy atom. The standard InChI is InChI=1S/C18H18F4N4/c1-2-15(23)17-24-16-5-3-4-14(18(20,21)22)13(16)10-26(17)25-12-8-6-11(19)7-9-12/h3-10,15,17,25H,2,23H2,1H3. The summed E-state index contributed by atoms with van der Waals surface area (Å²) in [7, 11) is 0. The van der Waals surface area contributed by atoms with Gasteiger partial charge in [-0.15, -0.1) is 0 Å². The van der Waals surface area contributed by atoms with E-state index in [0.717, 1.165) is 6.07 Å². The number of fused-ring (bicyclic) bond motifs is 1. The first-order valence-electron chi connectivity index (χ1n) is 8.11. The molecule has 0 bridgehead atoms. The molecule has 2 aromatic rings. The van der Waals surface area contributed by atoms with E-state index < -0.39 is 29.8 Å². The molecule has 1 aliphatic heterocycles. The summed E-state index contributed by atoms with van der Waals surface area (Å²) in [4.78, 5) is 4.42. The number of alkyl halides is 3. The fourth-order valence-corrected chi connectivity index (χ4v) is 2.75. The Kier molecular flexibility index (Phi) is 4.86. The fourth-order valence-electron chi connectivity index (χ4n) is 2.75. The predicted octanol–water partition coefficient (Wildman–Crippen LogP) is 2.61. The molecule has 2 atom stereocenters. The molecule has 138 valence electrons. The van der Waals surface area contributed by atoms with Gasteiger partial charge in [-0.1, -0.05) is 13.0 Å². The summed E-state index contributed by atoms with van der Waals surface area (Å²) in [6.45, 7) is 1.87. The van der Waals surface area contributed by atoms with Gasteiger partial charge in [0.05, 0.1) is 16.6 Å². The van der Waals surface area contributed by atoms with Crippen LogP contribution >= 0.6 is 0 Å². The van der Waals surface area contributed by atoms with Gasteiger partial charge in [-0.2, -0.15) is 13.2 Å². The van der Waals surface area contributed by atoms with E-state index >= 15 is 0 Å². The first-order chi connectivity index (χ1) is 12.3. The molecule has 3 rings (SSSR count). The van der Waals surface area contributed by atoms with Crippen LogP contribution in [-0.2, 0) is 6.18 Å². The van der Waals surface area contributed by atoms with Crippen LogP contribution in [-0.4, -0.2) is 17.2 Å². The zero-order chi connectivity index (χ0) is 18.9. The molecule has 26 heavy (non-hydrogen) atoms. The molecule has 0 aliphatic carbocycles. The highest BCUT2D eigenvalue weighted by Gasteiger charge is 2.34. The lowest BCUT2D eigenvalue weighted by Crippen LogP contribution is -2.53. The minimum Gasteiger partial charge on any atom is -0.324 e. The van der Waals surface area contributed by atoms with Crippen LogP contribution in [0, 0.1) is 5.82 Å². The number of nitrogens with one attached hydrogen (secondary N) is 1. The van der Waals surface area contributed by atoms with Gasteiger partial charge in [-0.25, -0.2) is 4.39 Å². The van der Waals surface area contributed by atoms with E-state index in [1.165, 1.54) is 47.6 Å². The van der Waals surface area contributed by atoms with Crippen molar-refractivity contribution in [2.45, 2.75) is 31.7 Å². The van der Waals surface area contributed by atoms with Crippen molar-refractivity contribution in [1.82, 2.24) is 5.01 Å². The molecule has 0 spiro atoms. The molecule has 0 aromatic heterocycles. The first-order valence-corrected chi connectivity index (χ1v) is 8.11. The van der Waals surface area contributed by atoms with Crippen molar-refractivity contribution >= 4 is 11.9 Å². The summed E-state index contributed by atoms with van der Waals surface area (Å²) in [5.41, 5.74) is 8.83. The molecule has 0 saturated heterocycles. The molecular weight excluding hydrogens is 348 g/mol. The van der Waals surface area contributed by atoms with E-state index in [0.29, 0.717) is 12.1 Å². The largest absolute Gasteiger partial charge is 0.417 e. The highest BCUT2D eigenvalue weighted by atomic mass is 19.4. The van der Waals surface area contributed by atoms with Gasteiger partial charge in [0.15, 0.2) is 6.17 Å². The number of hydrogen-bond donors (Lipinski definition) is 2. The number of nitrogens with zero attached hydrogens (tertiary/aromatic N) is 2. The van der Waals surface area contributed by atoms with Crippen LogP contribution in [0.25, 0.3) is 6.20 Å². The van der Waals surface area contributed by atoms with Crippen LogP contribution in [0.2, 0.25) is 0 Å². The van der Waals surface area contributed by atoms with Gasteiger partial charge in [-0.3, -0.25) is 15.4 Å². The Balaban J connectivity index is 2.09. The normalized spacial score (nSPS) is 17.8. The van der Waals surface area contributed by atoms with Crippen LogP contribution < -0.4 is 21.7 Å². The van der Waals surface area contributed by atoms with Crippen LogP contribution in [0.3, 0.4) is 0 Å². The molecule has 2 unspecified atom stereocenters. The van der Waals surface area contributed by atoms with Crippen LogP contribution in [0.1, 0.15) is 18.9 Å². The van der Waals surface area contributed by atoms with Crippen LogP contribution in [0.4, 0.5) is 23.2 Å². The minimum atomic E-state index is -4.50. The molecule has 0 amide bonds. The summed E-state index contributed by atoms with van der Waals surface area (Å²) in [6, 6.07) is 8.97. The summed E-state index contributed by atoms with van der Waals surface area (Å²) in [6.07, 6.45) is -3.16. The van der Waals surface area contributed by atoms with Crippen molar-refractivity contribution in [1.29, 1.82) is 0 Å². The lowest BCUT2D eigenvalue weighted by atomic mass is 10.1. The van der Waals surface area contributed by atoms with Gasteiger partial charge in [0.2, 0.25) is 0 Å². The fraction of sp³-hybridized carbons (Fsp3) is 0.278. The molecule has 2 aromatic carbocycles. The maximum Gasteiger partial charge on any atom is 0.417 e. The Labute approximate surface area is 147 Å². The van der Waals surface area contributed by atoms with Crippen LogP contribution in [0.5, 0.6) is 0 Å². The van der Waals surface area contributed by atoms with Gasteiger partial charge in [0.1, 0.15) is 5.82 Å². The Morgan fingerprint density at radius 1 is 1.19 bits per heavy atom. The van der Waals surface area contributed by atoms with Gasteiger partial charge in [-0.05, 0) is 42.8 Å². The number of rotatable bonds is 4. The molecule has 0 radical (unpaired) electrons. The number of anilines is 1. The second-order valence-corrected chi connectivity index (χ2v) is 6.01. The van der Waals surface area contributed by atoms with E-state index in [2.05, 4.69) is 10.4 Å². The number of hydrazine groups is 1. The molecular formula is C18H18F4N4. The molecule has 1 aliphatic rings. The third-order valence-corrected chi connectivity index (χ3v) is 4.17. The van der Waals surface area contributed by atoms with Crippen molar-refractivity contribution in [3.05, 3.63) is 64.4 Å². The number of hydrogen-bond acceptors (Lipinski definition) is 4. The van der Waals surface area contributed by atoms with Crippen molar-refractivity contribution in [2.24, 2.45) is 10.7 Å². The zero-order valence-electron chi connectivity index (χ0n) is 14.0. The van der Waals surface area contributed by atoms with Crippen molar-refractivity contribution in [3.63, 3.8) is 0 Å². The maximum absolute atomic E-state index is 13.3. The van der Waals surface area contributed by atoms with E-state index in [-0.39, 0.29) is 10.6 Å². The number of halogens is 4. The monoisotopic (exact) mass is 366 g/mol. The quantitative estimate of drug-likeness (QED) is 0.818. The smallest absolute Gasteiger partial charge is 0.324 e. The Morgan fingerprint density at radius 3 is 2.50 bits per heavy atom. The van der Waals surface area contributed by atoms with Gasteiger partial charge < -0.3 is 5.73 Å². The topological polar surface area (TPSA) is 53.6 Å². The van der Waals surface area contributed by atoms with E-state index in [1.807, 2.05) is 6.92 Å². The average molecular weight is 366 g/mol. The second kappa shape index (κ2) is 6.95. The highest BCUT2D eigenvalue weighted by molar-refractivity contribution is 5.45. The lowest BCUT2D eigenvalue weighted by molar-refractivity contribution is -0.138.